The molecule has 0 aromatic heterocycles. The van der Waals surface area contributed by atoms with Crippen LogP contribution in [0, 0.1) is 5.82 Å². The van der Waals surface area contributed by atoms with Crippen molar-refractivity contribution in [1.29, 1.82) is 0 Å². The van der Waals surface area contributed by atoms with Crippen molar-refractivity contribution >= 4 is 6.03 Å². The zero-order valence-electron chi connectivity index (χ0n) is 16.7. The van der Waals surface area contributed by atoms with E-state index in [9.17, 15) is 14.3 Å². The van der Waals surface area contributed by atoms with E-state index in [4.69, 9.17) is 0 Å². The predicted molar refractivity (Wildman–Crippen MR) is 110 cm³/mol. The molecule has 2 saturated heterocycles. The van der Waals surface area contributed by atoms with Crippen LogP contribution >= 0.6 is 0 Å². The van der Waals surface area contributed by atoms with E-state index in [1.807, 2.05) is 36.1 Å². The molecule has 2 aromatic rings. The Balaban J connectivity index is 1.59. The highest BCUT2D eigenvalue weighted by atomic mass is 19.1. The van der Waals surface area contributed by atoms with Crippen molar-refractivity contribution in [1.82, 2.24) is 15.1 Å². The van der Waals surface area contributed by atoms with Crippen LogP contribution in [-0.2, 0) is 6.54 Å². The lowest BCUT2D eigenvalue weighted by molar-refractivity contribution is -0.183. The van der Waals surface area contributed by atoms with Gasteiger partial charge in [0.1, 0.15) is 5.82 Å². The monoisotopic (exact) mass is 397 g/mol. The molecule has 2 fully saturated rings. The van der Waals surface area contributed by atoms with E-state index in [1.165, 1.54) is 11.6 Å². The van der Waals surface area contributed by atoms with Crippen LogP contribution in [0.15, 0.2) is 54.6 Å². The van der Waals surface area contributed by atoms with Gasteiger partial charge in [-0.05, 0) is 29.7 Å². The van der Waals surface area contributed by atoms with E-state index in [0.717, 1.165) is 12.0 Å². The van der Waals surface area contributed by atoms with Crippen LogP contribution in [-0.4, -0.2) is 58.8 Å². The first-order chi connectivity index (χ1) is 14.1. The molecule has 2 N–H and O–H groups in total. The Bertz CT molecular complexity index is 854. The SMILES string of the molecule is CCCNC(=O)N1CC2(C1)[C@H](c1ccccc1)[C@@H](CO)N2Cc1cccc(F)c1. The molecule has 2 aliphatic heterocycles. The number of rotatable bonds is 6. The van der Waals surface area contributed by atoms with E-state index in [1.54, 1.807) is 12.1 Å². The number of carbonyl (C=O) groups is 1. The molecule has 0 bridgehead atoms. The van der Waals surface area contributed by atoms with E-state index < -0.39 is 0 Å². The van der Waals surface area contributed by atoms with Gasteiger partial charge in [-0.25, -0.2) is 9.18 Å². The molecule has 29 heavy (non-hydrogen) atoms. The molecule has 6 heteroatoms. The molecule has 0 unspecified atom stereocenters. The van der Waals surface area contributed by atoms with Crippen LogP contribution in [0.5, 0.6) is 0 Å². The van der Waals surface area contributed by atoms with Gasteiger partial charge in [-0.15, -0.1) is 0 Å². The number of carbonyl (C=O) groups excluding carboxylic acids is 1. The Labute approximate surface area is 171 Å². The molecule has 0 aliphatic carbocycles. The molecule has 5 nitrogen and oxygen atoms in total. The Hall–Kier alpha value is -2.44. The van der Waals surface area contributed by atoms with Gasteiger partial charge in [0.2, 0.25) is 0 Å². The van der Waals surface area contributed by atoms with Crippen molar-refractivity contribution in [3.05, 3.63) is 71.5 Å². The van der Waals surface area contributed by atoms with Gasteiger partial charge in [0.05, 0.1) is 12.1 Å². The number of aliphatic hydroxyl groups is 1. The molecule has 0 radical (unpaired) electrons. The number of amides is 2. The average molecular weight is 397 g/mol. The van der Waals surface area contributed by atoms with Crippen LogP contribution in [0.2, 0.25) is 0 Å². The van der Waals surface area contributed by atoms with Crippen LogP contribution < -0.4 is 5.32 Å². The second-order valence-electron chi connectivity index (χ2n) is 8.09. The Morgan fingerprint density at radius 2 is 1.97 bits per heavy atom. The first-order valence-corrected chi connectivity index (χ1v) is 10.3. The van der Waals surface area contributed by atoms with Gasteiger partial charge in [0.15, 0.2) is 0 Å². The lowest BCUT2D eigenvalue weighted by atomic mass is 9.60. The Kier molecular flexibility index (Phi) is 5.56. The maximum absolute atomic E-state index is 13.7. The zero-order valence-corrected chi connectivity index (χ0v) is 16.7. The predicted octanol–water partition coefficient (Wildman–Crippen LogP) is 2.96. The highest BCUT2D eigenvalue weighted by molar-refractivity contribution is 5.76. The second kappa shape index (κ2) is 8.13. The fourth-order valence-corrected chi connectivity index (χ4v) is 4.95. The van der Waals surface area contributed by atoms with E-state index in [0.29, 0.717) is 26.2 Å². The number of hydrogen-bond acceptors (Lipinski definition) is 3. The summed E-state index contributed by atoms with van der Waals surface area (Å²) in [5, 5.41) is 13.1. The van der Waals surface area contributed by atoms with Crippen molar-refractivity contribution < 1.29 is 14.3 Å². The smallest absolute Gasteiger partial charge is 0.317 e. The summed E-state index contributed by atoms with van der Waals surface area (Å²) >= 11 is 0. The normalized spacial score (nSPS) is 22.8. The summed E-state index contributed by atoms with van der Waals surface area (Å²) in [7, 11) is 0. The minimum atomic E-state index is -0.258. The highest BCUT2D eigenvalue weighted by Gasteiger charge is 2.66. The lowest BCUT2D eigenvalue weighted by Gasteiger charge is -2.70. The van der Waals surface area contributed by atoms with Crippen molar-refractivity contribution in [2.75, 3.05) is 26.2 Å². The summed E-state index contributed by atoms with van der Waals surface area (Å²) in [6.45, 7) is 4.48. The van der Waals surface area contributed by atoms with Crippen LogP contribution in [0.1, 0.15) is 30.4 Å². The van der Waals surface area contributed by atoms with Crippen molar-refractivity contribution in [3.63, 3.8) is 0 Å². The average Bonchev–Trinajstić information content (AvgIpc) is 2.69. The van der Waals surface area contributed by atoms with Gasteiger partial charge in [-0.2, -0.15) is 0 Å². The minimum Gasteiger partial charge on any atom is -0.395 e. The third-order valence-corrected chi connectivity index (χ3v) is 6.27. The van der Waals surface area contributed by atoms with E-state index in [-0.39, 0.29) is 36.0 Å². The third-order valence-electron chi connectivity index (χ3n) is 6.27. The van der Waals surface area contributed by atoms with Crippen molar-refractivity contribution in [2.24, 2.45) is 0 Å². The standard InChI is InChI=1S/C23H28FN3O2/c1-2-11-25-22(29)26-15-23(16-26)21(18-8-4-3-5-9-18)20(14-28)27(23)13-17-7-6-10-19(24)12-17/h3-10,12,20-21,28H,2,11,13-16H2,1H3,(H,25,29)/t20-,21-/m1/s1. The molecule has 2 atom stereocenters. The van der Waals surface area contributed by atoms with Gasteiger partial charge < -0.3 is 15.3 Å². The minimum absolute atomic E-state index is 0.0264. The molecule has 2 amide bonds. The summed E-state index contributed by atoms with van der Waals surface area (Å²) in [6, 6.07) is 16.7. The van der Waals surface area contributed by atoms with Gasteiger partial charge in [-0.3, -0.25) is 4.90 Å². The molecule has 2 heterocycles. The maximum Gasteiger partial charge on any atom is 0.317 e. The van der Waals surface area contributed by atoms with Gasteiger partial charge in [-0.1, -0.05) is 49.4 Å². The molecule has 2 aromatic carbocycles. The van der Waals surface area contributed by atoms with Crippen LogP contribution in [0.4, 0.5) is 9.18 Å². The number of urea groups is 1. The topological polar surface area (TPSA) is 55.8 Å². The lowest BCUT2D eigenvalue weighted by Crippen LogP contribution is -2.85. The quantitative estimate of drug-likeness (QED) is 0.788. The molecular formula is C23H28FN3O2. The van der Waals surface area contributed by atoms with Crippen LogP contribution in [0.25, 0.3) is 0 Å². The first kappa shape index (κ1) is 19.9. The summed E-state index contributed by atoms with van der Waals surface area (Å²) in [4.78, 5) is 16.5. The Morgan fingerprint density at radius 3 is 2.62 bits per heavy atom. The fourth-order valence-electron chi connectivity index (χ4n) is 4.95. The van der Waals surface area contributed by atoms with Gasteiger partial charge in [0.25, 0.3) is 0 Å². The summed E-state index contributed by atoms with van der Waals surface area (Å²) in [5.41, 5.74) is 1.82. The number of aliphatic hydroxyl groups excluding tert-OH is 1. The van der Waals surface area contributed by atoms with Crippen molar-refractivity contribution in [3.8, 4) is 0 Å². The molecular weight excluding hydrogens is 369 g/mol. The zero-order chi connectivity index (χ0) is 20.4. The van der Waals surface area contributed by atoms with Gasteiger partial charge >= 0.3 is 6.03 Å². The number of nitrogens with zero attached hydrogens (tertiary/aromatic N) is 2. The Morgan fingerprint density at radius 1 is 1.21 bits per heavy atom. The summed E-state index contributed by atoms with van der Waals surface area (Å²) in [6.07, 6.45) is 0.898. The first-order valence-electron chi connectivity index (χ1n) is 10.3. The molecule has 4 rings (SSSR count). The second-order valence-corrected chi connectivity index (χ2v) is 8.09. The number of nitrogens with one attached hydrogen (secondary N) is 1. The molecule has 154 valence electrons. The van der Waals surface area contributed by atoms with Gasteiger partial charge in [0, 0.05) is 38.1 Å². The van der Waals surface area contributed by atoms with Crippen molar-refractivity contribution in [2.45, 2.75) is 37.4 Å². The number of halogens is 1. The summed E-state index contributed by atoms with van der Waals surface area (Å²) < 4.78 is 13.7. The fraction of sp³-hybridized carbons (Fsp3) is 0.435. The van der Waals surface area contributed by atoms with E-state index in [2.05, 4.69) is 22.3 Å². The number of likely N-dealkylation sites (tertiary alicyclic amines) is 2. The number of hydrogen-bond donors (Lipinski definition) is 2. The largest absolute Gasteiger partial charge is 0.395 e. The van der Waals surface area contributed by atoms with E-state index >= 15 is 0 Å². The molecule has 2 aliphatic rings. The molecule has 0 saturated carbocycles. The maximum atomic E-state index is 13.7. The third kappa shape index (κ3) is 3.51. The highest BCUT2D eigenvalue weighted by Crippen LogP contribution is 2.54. The molecule has 1 spiro atoms. The summed E-state index contributed by atoms with van der Waals surface area (Å²) in [5.74, 6) is -0.121. The van der Waals surface area contributed by atoms with Crippen LogP contribution in [0.3, 0.4) is 0 Å². The number of benzene rings is 2.